The normalized spacial score (nSPS) is 11.3. The van der Waals surface area contributed by atoms with Crippen LogP contribution < -0.4 is 0 Å². The van der Waals surface area contributed by atoms with E-state index in [1.807, 2.05) is 0 Å². The zero-order chi connectivity index (χ0) is 10.0. The number of aryl methyl sites for hydroxylation is 1. The highest BCUT2D eigenvalue weighted by molar-refractivity contribution is 6.44. The first-order valence-corrected chi connectivity index (χ1v) is 5.04. The molecule has 0 saturated carbocycles. The van der Waals surface area contributed by atoms with E-state index in [1.165, 1.54) is 0 Å². The smallest absolute Gasteiger partial charge is 0.167 e. The zero-order valence-corrected chi connectivity index (χ0v) is 9.53. The summed E-state index contributed by atoms with van der Waals surface area (Å²) in [6.45, 7) is 1.68. The molecule has 13 heavy (non-hydrogen) atoms. The Labute approximate surface area is 95.4 Å². The van der Waals surface area contributed by atoms with Gasteiger partial charge in [0.15, 0.2) is 21.3 Å². The number of hydrogen-bond acceptors (Lipinski definition) is 3. The summed E-state index contributed by atoms with van der Waals surface area (Å²) < 4.78 is 0. The fraction of sp³-hybridized carbons (Fsp3) is 0.500. The standard InChI is InChI=1S/C6H5Cl4N3/c1-2-11-5(3(7)8)13-6(12-2)4(9)10/h3-4H,1H3. The van der Waals surface area contributed by atoms with Crippen LogP contribution in [-0.4, -0.2) is 15.0 Å². The van der Waals surface area contributed by atoms with Gasteiger partial charge in [-0.3, -0.25) is 0 Å². The molecular formula is C6H5Cl4N3. The molecule has 0 aliphatic heterocycles. The Morgan fingerprint density at radius 1 is 0.846 bits per heavy atom. The van der Waals surface area contributed by atoms with Gasteiger partial charge >= 0.3 is 0 Å². The molecule has 0 spiro atoms. The Morgan fingerprint density at radius 2 is 1.23 bits per heavy atom. The number of hydrogen-bond donors (Lipinski definition) is 0. The molecule has 0 unspecified atom stereocenters. The molecule has 0 fully saturated rings. The molecule has 1 aromatic heterocycles. The lowest BCUT2D eigenvalue weighted by Crippen LogP contribution is -2.04. The molecule has 72 valence electrons. The zero-order valence-electron chi connectivity index (χ0n) is 6.51. The molecule has 7 heteroatoms. The van der Waals surface area contributed by atoms with Crippen LogP contribution in [0.15, 0.2) is 0 Å². The van der Waals surface area contributed by atoms with Crippen LogP contribution in [0.1, 0.15) is 27.1 Å². The molecule has 1 rings (SSSR count). The first-order valence-electron chi connectivity index (χ1n) is 3.29. The summed E-state index contributed by atoms with van der Waals surface area (Å²) in [5.74, 6) is 1.01. The maximum absolute atomic E-state index is 5.58. The SMILES string of the molecule is Cc1nc(C(Cl)Cl)nc(C(Cl)Cl)n1. The molecule has 0 amide bonds. The van der Waals surface area contributed by atoms with Crippen LogP contribution in [0.4, 0.5) is 0 Å². The fourth-order valence-electron chi connectivity index (χ4n) is 0.719. The van der Waals surface area contributed by atoms with E-state index in [0.717, 1.165) is 0 Å². The highest BCUT2D eigenvalue weighted by Gasteiger charge is 2.14. The number of aromatic nitrogens is 3. The van der Waals surface area contributed by atoms with Crippen molar-refractivity contribution in [3.05, 3.63) is 17.5 Å². The van der Waals surface area contributed by atoms with Gasteiger partial charge in [-0.1, -0.05) is 46.4 Å². The van der Waals surface area contributed by atoms with E-state index in [2.05, 4.69) is 15.0 Å². The van der Waals surface area contributed by atoms with Gasteiger partial charge in [-0.25, -0.2) is 15.0 Å². The molecule has 1 heterocycles. The monoisotopic (exact) mass is 259 g/mol. The predicted molar refractivity (Wildman–Crippen MR) is 53.5 cm³/mol. The van der Waals surface area contributed by atoms with Crippen LogP contribution in [0.2, 0.25) is 0 Å². The van der Waals surface area contributed by atoms with Crippen molar-refractivity contribution >= 4 is 46.4 Å². The third-order valence-electron chi connectivity index (χ3n) is 1.17. The molecule has 0 aliphatic rings. The van der Waals surface area contributed by atoms with E-state index in [0.29, 0.717) is 5.82 Å². The topological polar surface area (TPSA) is 38.7 Å². The highest BCUT2D eigenvalue weighted by Crippen LogP contribution is 2.25. The minimum absolute atomic E-state index is 0.261. The van der Waals surface area contributed by atoms with Crippen molar-refractivity contribution in [1.29, 1.82) is 0 Å². The minimum Gasteiger partial charge on any atom is -0.215 e. The molecule has 0 aliphatic carbocycles. The molecule has 0 atom stereocenters. The predicted octanol–water partition coefficient (Wildman–Crippen LogP) is 3.13. The van der Waals surface area contributed by atoms with Crippen LogP contribution in [0.3, 0.4) is 0 Å². The van der Waals surface area contributed by atoms with Gasteiger partial charge in [0.1, 0.15) is 5.82 Å². The quantitative estimate of drug-likeness (QED) is 0.767. The van der Waals surface area contributed by atoms with Gasteiger partial charge in [-0.05, 0) is 6.92 Å². The number of rotatable bonds is 2. The second-order valence-corrected chi connectivity index (χ2v) is 4.39. The third-order valence-corrected chi connectivity index (χ3v) is 1.95. The van der Waals surface area contributed by atoms with E-state index in [9.17, 15) is 0 Å². The van der Waals surface area contributed by atoms with Gasteiger partial charge in [-0.15, -0.1) is 0 Å². The fourth-order valence-corrected chi connectivity index (χ4v) is 1.11. The summed E-state index contributed by atoms with van der Waals surface area (Å²) in [4.78, 5) is 10.1. The van der Waals surface area contributed by atoms with Crippen molar-refractivity contribution in [3.63, 3.8) is 0 Å². The summed E-state index contributed by atoms with van der Waals surface area (Å²) in [5.41, 5.74) is 0. The summed E-state index contributed by atoms with van der Waals surface area (Å²) in [6.07, 6.45) is 0. The van der Waals surface area contributed by atoms with Crippen molar-refractivity contribution in [3.8, 4) is 0 Å². The summed E-state index contributed by atoms with van der Waals surface area (Å²) in [6, 6.07) is 0. The van der Waals surface area contributed by atoms with E-state index in [1.54, 1.807) is 6.92 Å². The molecular weight excluding hydrogens is 256 g/mol. The Morgan fingerprint density at radius 3 is 1.54 bits per heavy atom. The average molecular weight is 261 g/mol. The second-order valence-electron chi connectivity index (χ2n) is 2.20. The maximum Gasteiger partial charge on any atom is 0.167 e. The summed E-state index contributed by atoms with van der Waals surface area (Å²) in [5, 5.41) is 0. The van der Waals surface area contributed by atoms with Crippen molar-refractivity contribution in [2.45, 2.75) is 16.6 Å². The number of nitrogens with zero attached hydrogens (tertiary/aromatic N) is 3. The first-order chi connectivity index (χ1) is 6.00. The Bertz CT molecular complexity index is 276. The van der Waals surface area contributed by atoms with Gasteiger partial charge in [0.2, 0.25) is 0 Å². The second kappa shape index (κ2) is 4.60. The van der Waals surface area contributed by atoms with Crippen LogP contribution in [0.5, 0.6) is 0 Å². The van der Waals surface area contributed by atoms with Crippen molar-refractivity contribution in [2.24, 2.45) is 0 Å². The molecule has 0 N–H and O–H groups in total. The summed E-state index contributed by atoms with van der Waals surface area (Å²) in [7, 11) is 0. The largest absolute Gasteiger partial charge is 0.215 e. The van der Waals surface area contributed by atoms with Gasteiger partial charge in [-0.2, -0.15) is 0 Å². The van der Waals surface area contributed by atoms with Crippen molar-refractivity contribution in [2.75, 3.05) is 0 Å². The highest BCUT2D eigenvalue weighted by atomic mass is 35.5. The Hall–Kier alpha value is 0.170. The molecule has 3 nitrogen and oxygen atoms in total. The number of alkyl halides is 4. The average Bonchev–Trinajstić information content (AvgIpc) is 2.03. The first kappa shape index (κ1) is 11.2. The van der Waals surface area contributed by atoms with Crippen LogP contribution >= 0.6 is 46.4 Å². The van der Waals surface area contributed by atoms with E-state index >= 15 is 0 Å². The lowest BCUT2D eigenvalue weighted by Gasteiger charge is -2.04. The summed E-state index contributed by atoms with van der Waals surface area (Å²) >= 11 is 22.3. The van der Waals surface area contributed by atoms with Crippen molar-refractivity contribution in [1.82, 2.24) is 15.0 Å². The molecule has 0 radical (unpaired) electrons. The minimum atomic E-state index is -0.799. The lowest BCUT2D eigenvalue weighted by atomic mass is 10.5. The third kappa shape index (κ3) is 3.09. The van der Waals surface area contributed by atoms with Crippen LogP contribution in [-0.2, 0) is 0 Å². The van der Waals surface area contributed by atoms with Gasteiger partial charge in [0.05, 0.1) is 0 Å². The lowest BCUT2D eigenvalue weighted by molar-refractivity contribution is 0.844. The van der Waals surface area contributed by atoms with E-state index in [4.69, 9.17) is 46.4 Å². The molecule has 1 aromatic rings. The van der Waals surface area contributed by atoms with E-state index in [-0.39, 0.29) is 11.6 Å². The maximum atomic E-state index is 5.58. The molecule has 0 saturated heterocycles. The van der Waals surface area contributed by atoms with Crippen LogP contribution in [0, 0.1) is 6.92 Å². The number of halogens is 4. The van der Waals surface area contributed by atoms with Gasteiger partial charge < -0.3 is 0 Å². The molecule has 0 bridgehead atoms. The van der Waals surface area contributed by atoms with Gasteiger partial charge in [0, 0.05) is 0 Å². The Kier molecular flexibility index (Phi) is 3.98. The molecule has 0 aromatic carbocycles. The van der Waals surface area contributed by atoms with Gasteiger partial charge in [0.25, 0.3) is 0 Å². The van der Waals surface area contributed by atoms with Crippen LogP contribution in [0.25, 0.3) is 0 Å². The van der Waals surface area contributed by atoms with E-state index < -0.39 is 9.67 Å². The Balaban J connectivity index is 3.11. The van der Waals surface area contributed by atoms with Crippen molar-refractivity contribution < 1.29 is 0 Å².